The Morgan fingerprint density at radius 1 is 0.562 bits per heavy atom. The molecule has 0 amide bonds. The first-order valence-electron chi connectivity index (χ1n) is 12.8. The maximum atomic E-state index is 5.85. The minimum Gasteiger partial charge on any atom is -0.494 e. The van der Waals surface area contributed by atoms with Crippen LogP contribution in [0.5, 0.6) is 11.5 Å². The predicted octanol–water partition coefficient (Wildman–Crippen LogP) is 8.92. The first-order chi connectivity index (χ1) is 15.8. The fourth-order valence-corrected chi connectivity index (χ4v) is 3.57. The Balaban J connectivity index is 1.64. The molecule has 0 aliphatic carbocycles. The second-order valence-electron chi connectivity index (χ2n) is 8.55. The van der Waals surface area contributed by atoms with Crippen LogP contribution < -0.4 is 9.47 Å². The van der Waals surface area contributed by atoms with Crippen molar-refractivity contribution in [2.75, 3.05) is 13.2 Å². The smallest absolute Gasteiger partial charge is 0.119 e. The van der Waals surface area contributed by atoms with Gasteiger partial charge in [-0.25, -0.2) is 0 Å². The molecule has 0 radical (unpaired) electrons. The fourth-order valence-electron chi connectivity index (χ4n) is 3.57. The minimum atomic E-state index is 0.794. The van der Waals surface area contributed by atoms with E-state index in [9.17, 15) is 0 Å². The van der Waals surface area contributed by atoms with Crippen molar-refractivity contribution in [1.82, 2.24) is 0 Å². The number of aliphatic imine (C=N–C) groups is 1. The van der Waals surface area contributed by atoms with Crippen LogP contribution in [-0.2, 0) is 0 Å². The zero-order valence-electron chi connectivity index (χ0n) is 20.4. The molecule has 0 spiro atoms. The van der Waals surface area contributed by atoms with Crippen molar-refractivity contribution in [3.05, 3.63) is 54.1 Å². The number of nitrogens with zero attached hydrogens (tertiary/aromatic N) is 1. The molecule has 0 aliphatic heterocycles. The monoisotopic (exact) mass is 437 g/mol. The van der Waals surface area contributed by atoms with Crippen LogP contribution in [0.3, 0.4) is 0 Å². The molecule has 2 aromatic rings. The minimum absolute atomic E-state index is 0.794. The number of ether oxygens (including phenoxy) is 2. The molecule has 0 N–H and O–H groups in total. The van der Waals surface area contributed by atoms with Crippen LogP contribution in [-0.4, -0.2) is 19.4 Å². The first kappa shape index (κ1) is 26.0. The molecule has 0 fully saturated rings. The maximum Gasteiger partial charge on any atom is 0.119 e. The van der Waals surface area contributed by atoms with Crippen molar-refractivity contribution < 1.29 is 9.47 Å². The maximum absolute atomic E-state index is 5.85. The Morgan fingerprint density at radius 3 is 1.50 bits per heavy atom. The highest BCUT2D eigenvalue weighted by atomic mass is 16.5. The van der Waals surface area contributed by atoms with Crippen molar-refractivity contribution in [2.24, 2.45) is 4.99 Å². The van der Waals surface area contributed by atoms with Gasteiger partial charge in [0.2, 0.25) is 0 Å². The highest BCUT2D eigenvalue weighted by Gasteiger charge is 1.97. The standard InChI is InChI=1S/C29H43NO2/c1-3-5-7-9-11-13-23-31-28-19-15-26(16-20-28)25-30-27-17-21-29(22-18-27)32-24-14-12-10-8-6-4-2/h15-22,25H,3-14,23-24H2,1-2H3. The van der Waals surface area contributed by atoms with E-state index in [1.54, 1.807) is 0 Å². The number of hydrogen-bond acceptors (Lipinski definition) is 3. The molecule has 3 nitrogen and oxygen atoms in total. The third-order valence-electron chi connectivity index (χ3n) is 5.61. The second kappa shape index (κ2) is 17.3. The summed E-state index contributed by atoms with van der Waals surface area (Å²) in [5.74, 6) is 1.85. The van der Waals surface area contributed by atoms with Crippen LogP contribution in [0.2, 0.25) is 0 Å². The lowest BCUT2D eigenvalue weighted by Gasteiger charge is -2.07. The van der Waals surface area contributed by atoms with Gasteiger partial charge >= 0.3 is 0 Å². The second-order valence-corrected chi connectivity index (χ2v) is 8.55. The van der Waals surface area contributed by atoms with E-state index in [1.165, 1.54) is 64.2 Å². The highest BCUT2D eigenvalue weighted by molar-refractivity contribution is 5.82. The van der Waals surface area contributed by atoms with E-state index in [2.05, 4.69) is 31.0 Å². The molecule has 0 heterocycles. The first-order valence-corrected chi connectivity index (χ1v) is 12.8. The number of hydrogen-bond donors (Lipinski definition) is 0. The molecule has 32 heavy (non-hydrogen) atoms. The number of unbranched alkanes of at least 4 members (excludes halogenated alkanes) is 10. The fraction of sp³-hybridized carbons (Fsp3) is 0.552. The Bertz CT molecular complexity index is 658. The third kappa shape index (κ3) is 11.9. The molecule has 2 rings (SSSR count). The zero-order chi connectivity index (χ0) is 22.7. The lowest BCUT2D eigenvalue weighted by molar-refractivity contribution is 0.304. The van der Waals surface area contributed by atoms with Gasteiger partial charge < -0.3 is 9.47 Å². The van der Waals surface area contributed by atoms with Gasteiger partial charge in [0.15, 0.2) is 0 Å². The highest BCUT2D eigenvalue weighted by Crippen LogP contribution is 2.19. The Labute approximate surface area is 196 Å². The van der Waals surface area contributed by atoms with E-state index in [4.69, 9.17) is 9.47 Å². The van der Waals surface area contributed by atoms with E-state index >= 15 is 0 Å². The van der Waals surface area contributed by atoms with E-state index < -0.39 is 0 Å². The van der Waals surface area contributed by atoms with E-state index in [0.29, 0.717) is 0 Å². The van der Waals surface area contributed by atoms with Gasteiger partial charge in [0, 0.05) is 6.21 Å². The molecule has 0 saturated carbocycles. The van der Waals surface area contributed by atoms with Crippen molar-refractivity contribution in [3.8, 4) is 11.5 Å². The summed E-state index contributed by atoms with van der Waals surface area (Å²) in [7, 11) is 0. The number of benzene rings is 2. The van der Waals surface area contributed by atoms with E-state index in [1.807, 2.05) is 42.6 Å². The van der Waals surface area contributed by atoms with Gasteiger partial charge in [-0.05, 0) is 66.9 Å². The Hall–Kier alpha value is -2.29. The van der Waals surface area contributed by atoms with Crippen molar-refractivity contribution in [2.45, 2.75) is 90.9 Å². The summed E-state index contributed by atoms with van der Waals surface area (Å²) in [5, 5.41) is 0. The predicted molar refractivity (Wildman–Crippen MR) is 138 cm³/mol. The molecule has 2 aromatic carbocycles. The van der Waals surface area contributed by atoms with Crippen LogP contribution >= 0.6 is 0 Å². The molecule has 0 unspecified atom stereocenters. The van der Waals surface area contributed by atoms with E-state index in [-0.39, 0.29) is 0 Å². The van der Waals surface area contributed by atoms with Crippen LogP contribution in [0.25, 0.3) is 0 Å². The molecule has 3 heteroatoms. The van der Waals surface area contributed by atoms with Gasteiger partial charge in [0.05, 0.1) is 18.9 Å². The lowest BCUT2D eigenvalue weighted by Crippen LogP contribution is -1.97. The van der Waals surface area contributed by atoms with Crippen LogP contribution in [0, 0.1) is 0 Å². The third-order valence-corrected chi connectivity index (χ3v) is 5.61. The summed E-state index contributed by atoms with van der Waals surface area (Å²) in [5.41, 5.74) is 2.00. The number of rotatable bonds is 18. The summed E-state index contributed by atoms with van der Waals surface area (Å²) in [6.45, 7) is 6.09. The van der Waals surface area contributed by atoms with Crippen molar-refractivity contribution in [3.63, 3.8) is 0 Å². The molecular weight excluding hydrogens is 394 g/mol. The average Bonchev–Trinajstić information content (AvgIpc) is 2.83. The zero-order valence-corrected chi connectivity index (χ0v) is 20.4. The Kier molecular flexibility index (Phi) is 14.0. The molecular formula is C29H43NO2. The Morgan fingerprint density at radius 2 is 1.00 bits per heavy atom. The topological polar surface area (TPSA) is 30.8 Å². The van der Waals surface area contributed by atoms with Crippen molar-refractivity contribution >= 4 is 11.9 Å². The molecule has 176 valence electrons. The average molecular weight is 438 g/mol. The molecule has 0 saturated heterocycles. The summed E-state index contributed by atoms with van der Waals surface area (Å²) >= 11 is 0. The van der Waals surface area contributed by atoms with Gasteiger partial charge in [0.1, 0.15) is 11.5 Å². The molecule has 0 aromatic heterocycles. The van der Waals surface area contributed by atoms with Gasteiger partial charge in [-0.15, -0.1) is 0 Å². The largest absolute Gasteiger partial charge is 0.494 e. The van der Waals surface area contributed by atoms with Crippen LogP contribution in [0.1, 0.15) is 96.5 Å². The van der Waals surface area contributed by atoms with Crippen LogP contribution in [0.15, 0.2) is 53.5 Å². The van der Waals surface area contributed by atoms with Gasteiger partial charge in [-0.3, -0.25) is 4.99 Å². The van der Waals surface area contributed by atoms with E-state index in [0.717, 1.165) is 48.8 Å². The molecule has 0 bridgehead atoms. The lowest BCUT2D eigenvalue weighted by atomic mass is 10.1. The van der Waals surface area contributed by atoms with Gasteiger partial charge in [-0.1, -0.05) is 78.1 Å². The summed E-state index contributed by atoms with van der Waals surface area (Å²) in [4.78, 5) is 4.58. The quantitative estimate of drug-likeness (QED) is 0.172. The summed E-state index contributed by atoms with van der Waals surface area (Å²) < 4.78 is 11.7. The normalized spacial score (nSPS) is 11.2. The summed E-state index contributed by atoms with van der Waals surface area (Å²) in [6, 6.07) is 16.2. The van der Waals surface area contributed by atoms with Crippen molar-refractivity contribution in [1.29, 1.82) is 0 Å². The molecule has 0 aliphatic rings. The van der Waals surface area contributed by atoms with Gasteiger partial charge in [0.25, 0.3) is 0 Å². The summed E-state index contributed by atoms with van der Waals surface area (Å²) in [6.07, 6.45) is 17.3. The molecule has 0 atom stereocenters. The van der Waals surface area contributed by atoms with Gasteiger partial charge in [-0.2, -0.15) is 0 Å². The van der Waals surface area contributed by atoms with Crippen LogP contribution in [0.4, 0.5) is 5.69 Å². The SMILES string of the molecule is CCCCCCCCOc1ccc(C=Nc2ccc(OCCCCCCCC)cc2)cc1.